The van der Waals surface area contributed by atoms with E-state index in [0.29, 0.717) is 24.7 Å². The van der Waals surface area contributed by atoms with Gasteiger partial charge in [-0.15, -0.1) is 0 Å². The minimum atomic E-state index is 0.509. The predicted molar refractivity (Wildman–Crippen MR) is 150 cm³/mol. The number of aromatic amines is 1. The highest BCUT2D eigenvalue weighted by Crippen LogP contribution is 2.32. The quantitative estimate of drug-likeness (QED) is 0.188. The molecular weight excluding hydrogens is 484 g/mol. The van der Waals surface area contributed by atoms with Crippen LogP contribution in [0.25, 0.3) is 33.5 Å². The van der Waals surface area contributed by atoms with E-state index in [1.54, 1.807) is 6.20 Å². The van der Waals surface area contributed by atoms with Gasteiger partial charge in [0.2, 0.25) is 0 Å². The van der Waals surface area contributed by atoms with Crippen molar-refractivity contribution < 1.29 is 4.74 Å². The number of unbranched alkanes of at least 4 members (excludes halogenated alkanes) is 1. The number of benzene rings is 2. The third kappa shape index (κ3) is 6.07. The Morgan fingerprint density at radius 2 is 1.89 bits per heavy atom. The minimum absolute atomic E-state index is 0.509. The number of nitrogens with zero attached hydrogens (tertiary/aromatic N) is 3. The van der Waals surface area contributed by atoms with Crippen molar-refractivity contribution in [3.8, 4) is 28.4 Å². The number of imidazole rings is 1. The molecule has 5 aromatic rings. The fourth-order valence-electron chi connectivity index (χ4n) is 4.14. The summed E-state index contributed by atoms with van der Waals surface area (Å²) in [6, 6.07) is 21.8. The Hall–Kier alpha value is -3.94. The minimum Gasteiger partial charge on any atom is -0.492 e. The highest BCUT2D eigenvalue weighted by Gasteiger charge is 2.16. The lowest BCUT2D eigenvalue weighted by atomic mass is 10.1. The monoisotopic (exact) mass is 512 g/mol. The van der Waals surface area contributed by atoms with Crippen molar-refractivity contribution in [2.45, 2.75) is 26.3 Å². The standard InChI is InChI=1S/C29H29ClN6O/c1-19-6-4-9-26(34-19)29-28(35-27(36-29)18-32-23-8-5-7-22(30)16-23)20-10-11-25-21(14-20)15-24(17-33-25)37-13-3-2-12-31/h4-11,14-17,32H,2-3,12-13,18,31H2,1H3,(H,35,36). The van der Waals surface area contributed by atoms with Gasteiger partial charge in [-0.05, 0) is 74.8 Å². The molecule has 0 atom stereocenters. The number of halogens is 1. The molecule has 0 bridgehead atoms. The second-order valence-corrected chi connectivity index (χ2v) is 9.29. The van der Waals surface area contributed by atoms with E-state index in [1.807, 2.05) is 67.6 Å². The molecule has 0 amide bonds. The Bertz CT molecular complexity index is 1520. The fraction of sp³-hybridized carbons (Fsp3) is 0.207. The third-order valence-electron chi connectivity index (χ3n) is 5.98. The second-order valence-electron chi connectivity index (χ2n) is 8.86. The summed E-state index contributed by atoms with van der Waals surface area (Å²) >= 11 is 6.14. The molecule has 5 rings (SSSR count). The van der Waals surface area contributed by atoms with Crippen LogP contribution in [0.3, 0.4) is 0 Å². The van der Waals surface area contributed by atoms with E-state index in [1.165, 1.54) is 0 Å². The Kier molecular flexibility index (Phi) is 7.63. The van der Waals surface area contributed by atoms with Crippen molar-refractivity contribution in [3.63, 3.8) is 0 Å². The predicted octanol–water partition coefficient (Wildman–Crippen LogP) is 6.38. The molecule has 0 aliphatic heterocycles. The topological polar surface area (TPSA) is 102 Å². The molecule has 188 valence electrons. The van der Waals surface area contributed by atoms with Crippen molar-refractivity contribution in [2.24, 2.45) is 5.73 Å². The number of pyridine rings is 2. The smallest absolute Gasteiger partial charge is 0.138 e. The van der Waals surface area contributed by atoms with Gasteiger partial charge >= 0.3 is 0 Å². The van der Waals surface area contributed by atoms with Crippen LogP contribution >= 0.6 is 11.6 Å². The molecule has 7 nitrogen and oxygen atoms in total. The molecular formula is C29H29ClN6O. The molecule has 3 aromatic heterocycles. The molecule has 0 saturated heterocycles. The van der Waals surface area contributed by atoms with Crippen molar-refractivity contribution in [2.75, 3.05) is 18.5 Å². The number of hydrogen-bond acceptors (Lipinski definition) is 6. The molecule has 0 saturated carbocycles. The van der Waals surface area contributed by atoms with Crippen LogP contribution in [0.5, 0.6) is 5.75 Å². The molecule has 2 aromatic carbocycles. The van der Waals surface area contributed by atoms with Crippen LogP contribution in [0.2, 0.25) is 5.02 Å². The van der Waals surface area contributed by atoms with Crippen LogP contribution in [0.4, 0.5) is 5.69 Å². The van der Waals surface area contributed by atoms with Gasteiger partial charge in [0.25, 0.3) is 0 Å². The zero-order valence-electron chi connectivity index (χ0n) is 20.7. The van der Waals surface area contributed by atoms with Gasteiger partial charge < -0.3 is 20.8 Å². The highest BCUT2D eigenvalue weighted by molar-refractivity contribution is 6.30. The molecule has 8 heteroatoms. The number of aromatic nitrogens is 4. The van der Waals surface area contributed by atoms with Gasteiger partial charge in [-0.25, -0.2) is 4.98 Å². The van der Waals surface area contributed by atoms with Gasteiger partial charge in [0.1, 0.15) is 11.6 Å². The lowest BCUT2D eigenvalue weighted by Crippen LogP contribution is -2.03. The number of H-pyrrole nitrogens is 1. The Morgan fingerprint density at radius 1 is 1.00 bits per heavy atom. The summed E-state index contributed by atoms with van der Waals surface area (Å²) < 4.78 is 5.89. The number of nitrogens with two attached hydrogens (primary N) is 1. The summed E-state index contributed by atoms with van der Waals surface area (Å²) in [7, 11) is 0. The fourth-order valence-corrected chi connectivity index (χ4v) is 4.33. The van der Waals surface area contributed by atoms with Crippen LogP contribution in [0.15, 0.2) is 72.9 Å². The zero-order chi connectivity index (χ0) is 25.6. The van der Waals surface area contributed by atoms with Crippen molar-refractivity contribution in [3.05, 3.63) is 89.5 Å². The van der Waals surface area contributed by atoms with Crippen LogP contribution in [-0.4, -0.2) is 33.1 Å². The zero-order valence-corrected chi connectivity index (χ0v) is 21.4. The SMILES string of the molecule is Cc1cccc(-c2[nH]c(CNc3cccc(Cl)c3)nc2-c2ccc3ncc(OCCCCN)cc3c2)n1. The summed E-state index contributed by atoms with van der Waals surface area (Å²) in [4.78, 5) is 17.8. The first-order valence-corrected chi connectivity index (χ1v) is 12.7. The van der Waals surface area contributed by atoms with Gasteiger partial charge in [0.05, 0.1) is 41.9 Å². The summed E-state index contributed by atoms with van der Waals surface area (Å²) in [6.07, 6.45) is 3.62. The van der Waals surface area contributed by atoms with E-state index in [9.17, 15) is 0 Å². The van der Waals surface area contributed by atoms with Crippen LogP contribution in [-0.2, 0) is 6.54 Å². The molecule has 0 fully saturated rings. The molecule has 0 aliphatic carbocycles. The Balaban J connectivity index is 1.48. The van der Waals surface area contributed by atoms with E-state index < -0.39 is 0 Å². The molecule has 37 heavy (non-hydrogen) atoms. The first-order chi connectivity index (χ1) is 18.1. The molecule has 0 unspecified atom stereocenters. The Morgan fingerprint density at radius 3 is 2.73 bits per heavy atom. The Labute approximate surface area is 221 Å². The number of rotatable bonds is 10. The lowest BCUT2D eigenvalue weighted by Gasteiger charge is -2.08. The number of aryl methyl sites for hydroxylation is 1. The lowest BCUT2D eigenvalue weighted by molar-refractivity contribution is 0.307. The van der Waals surface area contributed by atoms with Gasteiger partial charge in [-0.1, -0.05) is 29.8 Å². The number of fused-ring (bicyclic) bond motifs is 1. The number of nitrogens with one attached hydrogen (secondary N) is 2. The number of hydrogen-bond donors (Lipinski definition) is 3. The average molecular weight is 513 g/mol. The van der Waals surface area contributed by atoms with E-state index in [4.69, 9.17) is 32.0 Å². The second kappa shape index (κ2) is 11.4. The maximum atomic E-state index is 6.14. The largest absolute Gasteiger partial charge is 0.492 e. The maximum Gasteiger partial charge on any atom is 0.138 e. The van der Waals surface area contributed by atoms with Crippen molar-refractivity contribution in [1.29, 1.82) is 0 Å². The normalized spacial score (nSPS) is 11.1. The summed E-state index contributed by atoms with van der Waals surface area (Å²) in [6.45, 7) is 3.78. The van der Waals surface area contributed by atoms with Crippen molar-refractivity contribution in [1.82, 2.24) is 19.9 Å². The van der Waals surface area contributed by atoms with Crippen LogP contribution in [0, 0.1) is 6.92 Å². The highest BCUT2D eigenvalue weighted by atomic mass is 35.5. The van der Waals surface area contributed by atoms with E-state index >= 15 is 0 Å². The van der Waals surface area contributed by atoms with E-state index in [2.05, 4.69) is 21.4 Å². The average Bonchev–Trinajstić information content (AvgIpc) is 3.34. The summed E-state index contributed by atoms with van der Waals surface area (Å²) in [5.41, 5.74) is 11.9. The van der Waals surface area contributed by atoms with Gasteiger partial charge in [0, 0.05) is 27.4 Å². The van der Waals surface area contributed by atoms with Gasteiger partial charge in [0.15, 0.2) is 0 Å². The van der Waals surface area contributed by atoms with Crippen LogP contribution < -0.4 is 15.8 Å². The summed E-state index contributed by atoms with van der Waals surface area (Å²) in [5.74, 6) is 1.54. The number of anilines is 1. The van der Waals surface area contributed by atoms with Gasteiger partial charge in [-0.3, -0.25) is 9.97 Å². The van der Waals surface area contributed by atoms with E-state index in [-0.39, 0.29) is 0 Å². The number of ether oxygens (including phenoxy) is 1. The third-order valence-corrected chi connectivity index (χ3v) is 6.21. The van der Waals surface area contributed by atoms with Crippen LogP contribution in [0.1, 0.15) is 24.4 Å². The molecule has 4 N–H and O–H groups in total. The van der Waals surface area contributed by atoms with Gasteiger partial charge in [-0.2, -0.15) is 0 Å². The maximum absolute atomic E-state index is 6.14. The molecule has 0 spiro atoms. The molecule has 3 heterocycles. The summed E-state index contributed by atoms with van der Waals surface area (Å²) in [5, 5.41) is 5.06. The first kappa shape index (κ1) is 24.7. The van der Waals surface area contributed by atoms with Crippen molar-refractivity contribution >= 4 is 28.2 Å². The first-order valence-electron chi connectivity index (χ1n) is 12.3. The molecule has 0 radical (unpaired) electrons. The van der Waals surface area contributed by atoms with E-state index in [0.717, 1.165) is 69.3 Å². The molecule has 0 aliphatic rings.